The molecule has 1 unspecified atom stereocenters. The first kappa shape index (κ1) is 15.9. The number of rotatable bonds is 3. The van der Waals surface area contributed by atoms with Gasteiger partial charge in [-0.2, -0.15) is 35.1 Å². The van der Waals surface area contributed by atoms with Gasteiger partial charge in [-0.3, -0.25) is 0 Å². The molecule has 0 saturated carbocycles. The van der Waals surface area contributed by atoms with Crippen molar-refractivity contribution >= 4 is 0 Å². The Bertz CT molecular complexity index is 308. The van der Waals surface area contributed by atoms with Gasteiger partial charge in [0.1, 0.15) is 0 Å². The Morgan fingerprint density at radius 1 is 0.706 bits per heavy atom. The van der Waals surface area contributed by atoms with Crippen LogP contribution in [0.5, 0.6) is 0 Å². The van der Waals surface area contributed by atoms with Crippen LogP contribution in [0.2, 0.25) is 0 Å². The molecule has 0 radical (unpaired) electrons. The van der Waals surface area contributed by atoms with Gasteiger partial charge in [-0.1, -0.05) is 18.7 Å². The summed E-state index contributed by atoms with van der Waals surface area (Å²) in [6.45, 7) is 2.74. The molecular weight excluding hydrogens is 267 g/mol. The fraction of sp³-hybridized carbons (Fsp3) is 0.500. The lowest BCUT2D eigenvalue weighted by Gasteiger charge is -2.33. The molecule has 0 saturated heterocycles. The van der Waals surface area contributed by atoms with Crippen molar-refractivity contribution in [1.82, 2.24) is 0 Å². The smallest absolute Gasteiger partial charge is 0.222 e. The van der Waals surface area contributed by atoms with Crippen molar-refractivity contribution in [3.05, 3.63) is 24.8 Å². The highest BCUT2D eigenvalue weighted by atomic mass is 19.4. The van der Waals surface area contributed by atoms with Crippen LogP contribution in [0.15, 0.2) is 24.8 Å². The number of hydrogen-bond acceptors (Lipinski definition) is 0. The van der Waals surface area contributed by atoms with E-state index < -0.39 is 30.0 Å². The van der Waals surface area contributed by atoms with Crippen molar-refractivity contribution < 1.29 is 39.5 Å². The maximum Gasteiger partial charge on any atom is 0.457 e. The topological polar surface area (TPSA) is 0 Å². The Kier molecular flexibility index (Phi) is 3.97. The standard InChI is InChI=1S/C8H5F9/c1-2-3-4-5(9,7(12,13)14)6(10,11)8(15,16)17/h2-4H,1H2/b4-3+. The zero-order valence-electron chi connectivity index (χ0n) is 7.84. The second-order valence-corrected chi connectivity index (χ2v) is 2.88. The zero-order valence-corrected chi connectivity index (χ0v) is 7.84. The Morgan fingerprint density at radius 3 is 1.35 bits per heavy atom. The van der Waals surface area contributed by atoms with Gasteiger partial charge in [-0.25, -0.2) is 4.39 Å². The maximum absolute atomic E-state index is 13.0. The molecule has 9 heteroatoms. The van der Waals surface area contributed by atoms with E-state index in [4.69, 9.17) is 0 Å². The molecule has 0 aliphatic heterocycles. The summed E-state index contributed by atoms with van der Waals surface area (Å²) in [6.07, 6.45) is -13.6. The van der Waals surface area contributed by atoms with E-state index >= 15 is 0 Å². The van der Waals surface area contributed by atoms with E-state index in [1.165, 1.54) is 0 Å². The minimum atomic E-state index is -6.68. The summed E-state index contributed by atoms with van der Waals surface area (Å²) in [6, 6.07) is 0. The van der Waals surface area contributed by atoms with Gasteiger partial charge < -0.3 is 0 Å². The summed E-state index contributed by atoms with van der Waals surface area (Å²) in [5.74, 6) is -6.60. The molecule has 0 amide bonds. The Morgan fingerprint density at radius 2 is 1.12 bits per heavy atom. The first-order valence-corrected chi connectivity index (χ1v) is 3.81. The zero-order chi connectivity index (χ0) is 14.1. The normalized spacial score (nSPS) is 18.2. The molecule has 0 aromatic heterocycles. The van der Waals surface area contributed by atoms with Crippen LogP contribution < -0.4 is 0 Å². The highest BCUT2D eigenvalue weighted by molar-refractivity contribution is 5.19. The van der Waals surface area contributed by atoms with Crippen molar-refractivity contribution in [3.8, 4) is 0 Å². The largest absolute Gasteiger partial charge is 0.457 e. The number of allylic oxidation sites excluding steroid dienone is 3. The monoisotopic (exact) mass is 272 g/mol. The SMILES string of the molecule is C=C/C=C/C(F)(C(F)(F)F)C(F)(F)C(F)(F)F. The Labute approximate surface area is 89.4 Å². The van der Waals surface area contributed by atoms with E-state index in [2.05, 4.69) is 6.58 Å². The van der Waals surface area contributed by atoms with Gasteiger partial charge in [-0.15, -0.1) is 0 Å². The fourth-order valence-corrected chi connectivity index (χ4v) is 0.784. The average molecular weight is 272 g/mol. The van der Waals surface area contributed by atoms with Gasteiger partial charge in [0.2, 0.25) is 0 Å². The molecule has 0 nitrogen and oxygen atoms in total. The van der Waals surface area contributed by atoms with E-state index in [1.54, 1.807) is 0 Å². The molecule has 0 fully saturated rings. The van der Waals surface area contributed by atoms with Gasteiger partial charge in [0.15, 0.2) is 0 Å². The van der Waals surface area contributed by atoms with Crippen molar-refractivity contribution in [1.29, 1.82) is 0 Å². The van der Waals surface area contributed by atoms with Crippen LogP contribution in [-0.2, 0) is 0 Å². The predicted molar refractivity (Wildman–Crippen MR) is 40.2 cm³/mol. The van der Waals surface area contributed by atoms with Gasteiger partial charge in [0.25, 0.3) is 5.67 Å². The van der Waals surface area contributed by atoms with Gasteiger partial charge in [0.05, 0.1) is 0 Å². The van der Waals surface area contributed by atoms with Crippen molar-refractivity contribution in [2.45, 2.75) is 23.9 Å². The third-order valence-corrected chi connectivity index (χ3v) is 1.69. The Balaban J connectivity index is 5.81. The molecule has 1 atom stereocenters. The van der Waals surface area contributed by atoms with Gasteiger partial charge in [-0.05, 0) is 6.08 Å². The molecule has 100 valence electrons. The minimum Gasteiger partial charge on any atom is -0.222 e. The molecule has 0 N–H and O–H groups in total. The van der Waals surface area contributed by atoms with E-state index in [0.29, 0.717) is 6.08 Å². The first-order chi connectivity index (χ1) is 7.31. The molecule has 0 heterocycles. The van der Waals surface area contributed by atoms with E-state index in [-0.39, 0.29) is 6.08 Å². The van der Waals surface area contributed by atoms with Crippen LogP contribution >= 0.6 is 0 Å². The summed E-state index contributed by atoms with van der Waals surface area (Å²) in [4.78, 5) is 0. The van der Waals surface area contributed by atoms with Crippen LogP contribution in [0.3, 0.4) is 0 Å². The Hall–Kier alpha value is -1.15. The summed E-state index contributed by atoms with van der Waals surface area (Å²) in [5, 5.41) is 0. The highest BCUT2D eigenvalue weighted by Crippen LogP contribution is 2.53. The maximum atomic E-state index is 13.0. The quantitative estimate of drug-likeness (QED) is 0.533. The van der Waals surface area contributed by atoms with Crippen LogP contribution in [-0.4, -0.2) is 23.9 Å². The van der Waals surface area contributed by atoms with Crippen molar-refractivity contribution in [3.63, 3.8) is 0 Å². The lowest BCUT2D eigenvalue weighted by molar-refractivity contribution is -0.369. The van der Waals surface area contributed by atoms with E-state index in [9.17, 15) is 39.5 Å². The van der Waals surface area contributed by atoms with Crippen LogP contribution in [0, 0.1) is 0 Å². The first-order valence-electron chi connectivity index (χ1n) is 3.81. The third-order valence-electron chi connectivity index (χ3n) is 1.69. The molecule has 0 aliphatic carbocycles. The van der Waals surface area contributed by atoms with Crippen molar-refractivity contribution in [2.75, 3.05) is 0 Å². The summed E-state index contributed by atoms with van der Waals surface area (Å²) >= 11 is 0. The lowest BCUT2D eigenvalue weighted by Crippen LogP contribution is -2.60. The number of hydrogen-bond donors (Lipinski definition) is 0. The molecule has 0 spiro atoms. The average Bonchev–Trinajstić information content (AvgIpc) is 2.10. The number of halogens is 9. The van der Waals surface area contributed by atoms with Crippen LogP contribution in [0.1, 0.15) is 0 Å². The van der Waals surface area contributed by atoms with E-state index in [0.717, 1.165) is 0 Å². The minimum absolute atomic E-state index is 0.0210. The second-order valence-electron chi connectivity index (χ2n) is 2.88. The molecule has 0 rings (SSSR count). The summed E-state index contributed by atoms with van der Waals surface area (Å²) in [5.41, 5.74) is -5.84. The molecule has 17 heavy (non-hydrogen) atoms. The number of alkyl halides is 9. The van der Waals surface area contributed by atoms with Crippen LogP contribution in [0.25, 0.3) is 0 Å². The summed E-state index contributed by atoms with van der Waals surface area (Å²) in [7, 11) is 0. The third kappa shape index (κ3) is 2.58. The fourth-order valence-electron chi connectivity index (χ4n) is 0.784. The molecule has 0 bridgehead atoms. The molecule has 0 aliphatic rings. The second kappa shape index (κ2) is 4.26. The predicted octanol–water partition coefficient (Wildman–Crippen LogP) is 4.20. The van der Waals surface area contributed by atoms with E-state index in [1.807, 2.05) is 0 Å². The van der Waals surface area contributed by atoms with Gasteiger partial charge >= 0.3 is 18.3 Å². The lowest BCUT2D eigenvalue weighted by atomic mass is 9.95. The summed E-state index contributed by atoms with van der Waals surface area (Å²) < 4.78 is 109. The molecule has 0 aromatic carbocycles. The van der Waals surface area contributed by atoms with Gasteiger partial charge in [0, 0.05) is 0 Å². The van der Waals surface area contributed by atoms with Crippen LogP contribution in [0.4, 0.5) is 39.5 Å². The highest BCUT2D eigenvalue weighted by Gasteiger charge is 2.79. The van der Waals surface area contributed by atoms with Crippen molar-refractivity contribution in [2.24, 2.45) is 0 Å². The molecular formula is C8H5F9. The molecule has 0 aromatic rings.